The highest BCUT2D eigenvalue weighted by atomic mass is 28.4. The normalized spacial score (nSPS) is 15.9. The molecule has 2 heteroatoms. The van der Waals surface area contributed by atoms with Crippen LogP contribution in [0.3, 0.4) is 0 Å². The molecule has 0 aromatic heterocycles. The minimum atomic E-state index is -1.98. The second-order valence-electron chi connectivity index (χ2n) is 3.16. The van der Waals surface area contributed by atoms with Gasteiger partial charge in [-0.25, -0.2) is 0 Å². The Hall–Kier alpha value is -0.0831. The van der Waals surface area contributed by atoms with Crippen molar-refractivity contribution in [3.63, 3.8) is 0 Å². The average Bonchev–Trinajstić information content (AvgIpc) is 2.02. The Morgan fingerprint density at radius 3 is 2.27 bits per heavy atom. The fourth-order valence-corrected chi connectivity index (χ4v) is 3.73. The molecule has 0 amide bonds. The summed E-state index contributed by atoms with van der Waals surface area (Å²) in [5, 5.41) is 0. The van der Waals surface area contributed by atoms with Crippen LogP contribution >= 0.6 is 0 Å². The van der Waals surface area contributed by atoms with E-state index in [0.29, 0.717) is 0 Å². The summed E-state index contributed by atoms with van der Waals surface area (Å²) < 4.78 is 0. The maximum absolute atomic E-state index is 9.97. The Morgan fingerprint density at radius 2 is 1.91 bits per heavy atom. The first-order valence-corrected chi connectivity index (χ1v) is 6.98. The van der Waals surface area contributed by atoms with Crippen LogP contribution in [0.2, 0.25) is 12.1 Å². The van der Waals surface area contributed by atoms with Crippen LogP contribution in [-0.2, 0) is 0 Å². The van der Waals surface area contributed by atoms with Gasteiger partial charge in [0.1, 0.15) is 0 Å². The number of rotatable bonds is 6. The summed E-state index contributed by atoms with van der Waals surface area (Å²) in [6, 6.07) is 1.98. The summed E-state index contributed by atoms with van der Waals surface area (Å²) >= 11 is 0. The van der Waals surface area contributed by atoms with E-state index < -0.39 is 8.32 Å². The standard InChI is InChI=1S/C9H20OSi/c1-4-7-9-11(10,6-3)8-5-2/h6,10H,3-5,7-9H2,1-2H3. The van der Waals surface area contributed by atoms with Gasteiger partial charge in [0, 0.05) is 0 Å². The van der Waals surface area contributed by atoms with Gasteiger partial charge in [-0.2, -0.15) is 0 Å². The highest BCUT2D eigenvalue weighted by Gasteiger charge is 2.24. The maximum atomic E-state index is 9.97. The molecule has 0 rings (SSSR count). The molecule has 0 aromatic rings. The zero-order valence-electron chi connectivity index (χ0n) is 7.77. The third-order valence-corrected chi connectivity index (χ3v) is 5.37. The molecule has 1 N–H and O–H groups in total. The second-order valence-corrected chi connectivity index (χ2v) is 6.78. The van der Waals surface area contributed by atoms with Crippen LogP contribution in [0, 0.1) is 0 Å². The van der Waals surface area contributed by atoms with Crippen molar-refractivity contribution in [2.75, 3.05) is 0 Å². The lowest BCUT2D eigenvalue weighted by Gasteiger charge is -2.19. The molecule has 0 aliphatic carbocycles. The molecule has 0 bridgehead atoms. The molecule has 0 aromatic carbocycles. The van der Waals surface area contributed by atoms with Crippen LogP contribution in [0.5, 0.6) is 0 Å². The molecule has 1 atom stereocenters. The van der Waals surface area contributed by atoms with Gasteiger partial charge in [0.15, 0.2) is 0 Å². The van der Waals surface area contributed by atoms with Crippen LogP contribution < -0.4 is 0 Å². The lowest BCUT2D eigenvalue weighted by atomic mass is 10.4. The van der Waals surface area contributed by atoms with Gasteiger partial charge < -0.3 is 4.80 Å². The minimum Gasteiger partial charge on any atom is -0.428 e. The molecule has 0 aliphatic rings. The van der Waals surface area contributed by atoms with Crippen molar-refractivity contribution in [2.45, 2.75) is 45.2 Å². The number of hydrogen-bond donors (Lipinski definition) is 1. The molecule has 0 saturated heterocycles. The molecule has 1 unspecified atom stereocenters. The first kappa shape index (κ1) is 10.9. The van der Waals surface area contributed by atoms with E-state index in [1.807, 2.05) is 5.70 Å². The van der Waals surface area contributed by atoms with Gasteiger partial charge in [0.2, 0.25) is 8.32 Å². The summed E-state index contributed by atoms with van der Waals surface area (Å²) in [6.45, 7) is 7.99. The summed E-state index contributed by atoms with van der Waals surface area (Å²) in [4.78, 5) is 9.97. The monoisotopic (exact) mass is 172 g/mol. The Morgan fingerprint density at radius 1 is 1.27 bits per heavy atom. The molecule has 66 valence electrons. The molecule has 0 aliphatic heterocycles. The first-order chi connectivity index (χ1) is 5.18. The van der Waals surface area contributed by atoms with Gasteiger partial charge >= 0.3 is 0 Å². The zero-order valence-corrected chi connectivity index (χ0v) is 8.77. The average molecular weight is 172 g/mol. The molecule has 0 heterocycles. The van der Waals surface area contributed by atoms with Crippen molar-refractivity contribution in [3.8, 4) is 0 Å². The number of unbranched alkanes of at least 4 members (excludes halogenated alkanes) is 1. The summed E-state index contributed by atoms with van der Waals surface area (Å²) in [5.74, 6) is 0. The molecule has 0 fully saturated rings. The first-order valence-electron chi connectivity index (χ1n) is 4.54. The predicted octanol–water partition coefficient (Wildman–Crippen LogP) is 2.86. The van der Waals surface area contributed by atoms with Crippen LogP contribution in [-0.4, -0.2) is 13.1 Å². The van der Waals surface area contributed by atoms with E-state index in [1.54, 1.807) is 0 Å². The Labute approximate surface area is 71.3 Å². The summed E-state index contributed by atoms with van der Waals surface area (Å²) in [5.41, 5.74) is 1.83. The lowest BCUT2D eigenvalue weighted by Crippen LogP contribution is -2.31. The van der Waals surface area contributed by atoms with Crippen molar-refractivity contribution >= 4 is 8.32 Å². The van der Waals surface area contributed by atoms with Crippen molar-refractivity contribution < 1.29 is 4.80 Å². The Bertz CT molecular complexity index is 114. The SMILES string of the molecule is C=C[Si](O)(CCC)CCCC. The van der Waals surface area contributed by atoms with Crippen molar-refractivity contribution in [1.29, 1.82) is 0 Å². The number of hydrogen-bond acceptors (Lipinski definition) is 1. The highest BCUT2D eigenvalue weighted by Crippen LogP contribution is 2.18. The highest BCUT2D eigenvalue weighted by molar-refractivity contribution is 6.77. The summed E-state index contributed by atoms with van der Waals surface area (Å²) in [6.07, 6.45) is 3.40. The van der Waals surface area contributed by atoms with Gasteiger partial charge in [-0.15, -0.1) is 6.58 Å². The van der Waals surface area contributed by atoms with Gasteiger partial charge in [-0.3, -0.25) is 0 Å². The molecule has 0 spiro atoms. The maximum Gasteiger partial charge on any atom is 0.212 e. The van der Waals surface area contributed by atoms with E-state index in [2.05, 4.69) is 20.4 Å². The zero-order chi connectivity index (χ0) is 8.74. The molecule has 0 radical (unpaired) electrons. The molecule has 11 heavy (non-hydrogen) atoms. The van der Waals surface area contributed by atoms with Crippen LogP contribution in [0.4, 0.5) is 0 Å². The van der Waals surface area contributed by atoms with Crippen LogP contribution in [0.25, 0.3) is 0 Å². The smallest absolute Gasteiger partial charge is 0.212 e. The Balaban J connectivity index is 3.77. The third kappa shape index (κ3) is 4.38. The van der Waals surface area contributed by atoms with Crippen molar-refractivity contribution in [2.24, 2.45) is 0 Å². The van der Waals surface area contributed by atoms with Gasteiger partial charge in [-0.1, -0.05) is 38.8 Å². The van der Waals surface area contributed by atoms with Gasteiger partial charge in [-0.05, 0) is 12.1 Å². The third-order valence-electron chi connectivity index (χ3n) is 2.03. The summed E-state index contributed by atoms with van der Waals surface area (Å²) in [7, 11) is -1.98. The Kier molecular flexibility index (Phi) is 5.51. The quantitative estimate of drug-likeness (QED) is 0.611. The minimum absolute atomic E-state index is 0.983. The van der Waals surface area contributed by atoms with Crippen LogP contribution in [0.15, 0.2) is 12.3 Å². The second kappa shape index (κ2) is 5.55. The van der Waals surface area contributed by atoms with Crippen LogP contribution in [0.1, 0.15) is 33.1 Å². The largest absolute Gasteiger partial charge is 0.428 e. The van der Waals surface area contributed by atoms with E-state index in [-0.39, 0.29) is 0 Å². The van der Waals surface area contributed by atoms with Gasteiger partial charge in [0.25, 0.3) is 0 Å². The fourth-order valence-electron chi connectivity index (χ4n) is 1.24. The van der Waals surface area contributed by atoms with E-state index in [0.717, 1.165) is 24.9 Å². The topological polar surface area (TPSA) is 20.2 Å². The lowest BCUT2D eigenvalue weighted by molar-refractivity contribution is 0.535. The molecular weight excluding hydrogens is 152 g/mol. The molecule has 0 saturated carbocycles. The molecule has 1 nitrogen and oxygen atoms in total. The van der Waals surface area contributed by atoms with Crippen molar-refractivity contribution in [3.05, 3.63) is 12.3 Å². The van der Waals surface area contributed by atoms with Gasteiger partial charge in [0.05, 0.1) is 0 Å². The fraction of sp³-hybridized carbons (Fsp3) is 0.778. The molecular formula is C9H20OSi. The van der Waals surface area contributed by atoms with E-state index in [1.165, 1.54) is 6.42 Å². The van der Waals surface area contributed by atoms with Crippen molar-refractivity contribution in [1.82, 2.24) is 0 Å². The van der Waals surface area contributed by atoms with E-state index in [4.69, 9.17) is 0 Å². The van der Waals surface area contributed by atoms with E-state index >= 15 is 0 Å². The predicted molar refractivity (Wildman–Crippen MR) is 53.0 cm³/mol. The van der Waals surface area contributed by atoms with E-state index in [9.17, 15) is 4.80 Å².